The van der Waals surface area contributed by atoms with E-state index in [0.29, 0.717) is 25.4 Å². The number of anilines is 1. The predicted octanol–water partition coefficient (Wildman–Crippen LogP) is 3.67. The maximum absolute atomic E-state index is 12.2. The van der Waals surface area contributed by atoms with E-state index in [4.69, 9.17) is 4.74 Å². The van der Waals surface area contributed by atoms with Gasteiger partial charge in [0.25, 0.3) is 5.56 Å². The quantitative estimate of drug-likeness (QED) is 0.242. The summed E-state index contributed by atoms with van der Waals surface area (Å²) < 4.78 is 9.82. The second-order valence-electron chi connectivity index (χ2n) is 11.0. The van der Waals surface area contributed by atoms with Gasteiger partial charge in [-0.15, -0.1) is 0 Å². The van der Waals surface area contributed by atoms with Crippen molar-refractivity contribution in [3.63, 3.8) is 0 Å². The highest BCUT2D eigenvalue weighted by Crippen LogP contribution is 2.33. The van der Waals surface area contributed by atoms with Gasteiger partial charge in [0.05, 0.1) is 42.9 Å². The Morgan fingerprint density at radius 1 is 1.29 bits per heavy atom. The third kappa shape index (κ3) is 5.53. The van der Waals surface area contributed by atoms with E-state index < -0.39 is 8.07 Å². The number of ether oxygens (including phenoxy) is 1. The summed E-state index contributed by atoms with van der Waals surface area (Å²) in [6.45, 7) is 9.61. The van der Waals surface area contributed by atoms with E-state index in [1.165, 1.54) is 6.33 Å². The monoisotopic (exact) mass is 531 g/mol. The molecule has 5 rings (SSSR count). The Morgan fingerprint density at radius 3 is 2.95 bits per heavy atom. The fourth-order valence-electron chi connectivity index (χ4n) is 4.97. The number of nitrogens with one attached hydrogen (secondary N) is 1. The second kappa shape index (κ2) is 10.9. The summed E-state index contributed by atoms with van der Waals surface area (Å²) in [5.74, 6) is 0.168. The van der Waals surface area contributed by atoms with Crippen LogP contribution in [0.1, 0.15) is 18.9 Å². The van der Waals surface area contributed by atoms with E-state index >= 15 is 0 Å². The topological polar surface area (TPSA) is 131 Å². The van der Waals surface area contributed by atoms with Gasteiger partial charge < -0.3 is 19.2 Å². The molecule has 5 heterocycles. The molecule has 0 aliphatic carbocycles. The minimum Gasteiger partial charge on any atom is -0.365 e. The van der Waals surface area contributed by atoms with Gasteiger partial charge in [-0.1, -0.05) is 19.6 Å². The highest BCUT2D eigenvalue weighted by molar-refractivity contribution is 6.76. The number of H-pyrrole nitrogens is 1. The van der Waals surface area contributed by atoms with Crippen LogP contribution in [0, 0.1) is 17.2 Å². The number of nitriles is 1. The van der Waals surface area contributed by atoms with Crippen molar-refractivity contribution in [2.24, 2.45) is 5.92 Å². The van der Waals surface area contributed by atoms with Crippen LogP contribution in [0.4, 0.5) is 5.69 Å². The Kier molecular flexibility index (Phi) is 7.39. The molecule has 12 heteroatoms. The fourth-order valence-corrected chi connectivity index (χ4v) is 5.73. The molecule has 0 saturated carbocycles. The summed E-state index contributed by atoms with van der Waals surface area (Å²) >= 11 is 0. The molecule has 0 bridgehead atoms. The van der Waals surface area contributed by atoms with E-state index in [9.17, 15) is 10.1 Å². The van der Waals surface area contributed by atoms with Crippen LogP contribution in [0.25, 0.3) is 22.3 Å². The van der Waals surface area contributed by atoms with Crippen molar-refractivity contribution in [2.45, 2.75) is 51.3 Å². The molecule has 0 radical (unpaired) electrons. The average Bonchev–Trinajstić information content (AvgIpc) is 3.65. The van der Waals surface area contributed by atoms with Crippen LogP contribution in [0.15, 0.2) is 48.3 Å². The highest BCUT2D eigenvalue weighted by Gasteiger charge is 2.32. The molecule has 1 fully saturated rings. The first-order valence-corrected chi connectivity index (χ1v) is 16.6. The lowest BCUT2D eigenvalue weighted by Gasteiger charge is -2.22. The molecule has 198 valence electrons. The molecule has 4 aromatic heterocycles. The lowest BCUT2D eigenvalue weighted by molar-refractivity contribution is 0.0899. The molecule has 0 aromatic carbocycles. The Hall–Kier alpha value is -3.82. The first-order valence-electron chi connectivity index (χ1n) is 12.9. The molecular weight excluding hydrogens is 498 g/mol. The third-order valence-corrected chi connectivity index (χ3v) is 8.81. The summed E-state index contributed by atoms with van der Waals surface area (Å²) in [5, 5.41) is 15.2. The number of nitrogens with zero attached hydrogens (tertiary/aromatic N) is 8. The van der Waals surface area contributed by atoms with Crippen molar-refractivity contribution < 1.29 is 4.74 Å². The van der Waals surface area contributed by atoms with Gasteiger partial charge in [-0.3, -0.25) is 9.48 Å². The summed E-state index contributed by atoms with van der Waals surface area (Å²) in [4.78, 5) is 30.0. The van der Waals surface area contributed by atoms with E-state index in [1.807, 2.05) is 32.6 Å². The van der Waals surface area contributed by atoms with Crippen LogP contribution in [-0.2, 0) is 11.5 Å². The Morgan fingerprint density at radius 2 is 2.16 bits per heavy atom. The van der Waals surface area contributed by atoms with E-state index in [-0.39, 0.29) is 17.5 Å². The maximum Gasteiger partial charge on any atom is 0.274 e. The van der Waals surface area contributed by atoms with Gasteiger partial charge in [-0.05, 0) is 18.5 Å². The molecule has 4 aromatic rings. The zero-order valence-corrected chi connectivity index (χ0v) is 23.0. The highest BCUT2D eigenvalue weighted by atomic mass is 28.3. The lowest BCUT2D eigenvalue weighted by atomic mass is 9.96. The molecule has 1 aliphatic rings. The summed E-state index contributed by atoms with van der Waals surface area (Å²) in [7, 11) is -1.14. The number of fused-ring (bicyclic) bond motifs is 1. The van der Waals surface area contributed by atoms with Crippen LogP contribution in [0.3, 0.4) is 0 Å². The van der Waals surface area contributed by atoms with Crippen LogP contribution >= 0.6 is 0 Å². The van der Waals surface area contributed by atoms with Gasteiger partial charge in [-0.25, -0.2) is 15.0 Å². The van der Waals surface area contributed by atoms with Gasteiger partial charge in [0.15, 0.2) is 0 Å². The first kappa shape index (κ1) is 25.8. The molecule has 38 heavy (non-hydrogen) atoms. The molecule has 0 amide bonds. The minimum atomic E-state index is -1.14. The van der Waals surface area contributed by atoms with Crippen LogP contribution in [0.5, 0.6) is 0 Å². The minimum absolute atomic E-state index is 0.115. The summed E-state index contributed by atoms with van der Waals surface area (Å²) in [6, 6.07) is 5.34. The molecule has 1 N–H and O–H groups in total. The van der Waals surface area contributed by atoms with Gasteiger partial charge in [-0.2, -0.15) is 10.4 Å². The summed E-state index contributed by atoms with van der Waals surface area (Å²) in [6.07, 6.45) is 11.5. The second-order valence-corrected chi connectivity index (χ2v) is 16.6. The van der Waals surface area contributed by atoms with Crippen molar-refractivity contribution in [3.8, 4) is 17.3 Å². The number of aromatic nitrogens is 7. The molecular formula is C26H33N9O2Si. The Bertz CT molecular complexity index is 1500. The zero-order chi connectivity index (χ0) is 26.7. The Balaban J connectivity index is 1.34. The van der Waals surface area contributed by atoms with Gasteiger partial charge >= 0.3 is 0 Å². The maximum atomic E-state index is 12.2. The fraction of sp³-hybridized carbons (Fsp3) is 0.462. The van der Waals surface area contributed by atoms with E-state index in [2.05, 4.69) is 50.7 Å². The normalized spacial score (nSPS) is 16.7. The zero-order valence-electron chi connectivity index (χ0n) is 22.0. The Labute approximate surface area is 222 Å². The molecule has 2 atom stereocenters. The van der Waals surface area contributed by atoms with Gasteiger partial charge in [0.1, 0.15) is 24.4 Å². The largest absolute Gasteiger partial charge is 0.365 e. The number of aromatic amines is 1. The standard InChI is InChI=1S/C26H33N9O2Si/c1-38(2,3)11-10-37-18-34-9-6-21-24(29-17-30-25(21)34)20-12-32-35(15-20)22(4-7-27)19-5-8-33(14-19)23-13-28-16-31-26(23)36/h6,9,12-13,15-17,19,22H,4-5,8,10-11,14,18H2,1-3H3,(H,28,31,36). The predicted molar refractivity (Wildman–Crippen MR) is 147 cm³/mol. The number of rotatable bonds is 10. The molecule has 0 spiro atoms. The van der Waals surface area contributed by atoms with Gasteiger partial charge in [0.2, 0.25) is 0 Å². The average molecular weight is 532 g/mol. The van der Waals surface area contributed by atoms with Crippen LogP contribution in [0.2, 0.25) is 25.7 Å². The molecule has 2 unspecified atom stereocenters. The SMILES string of the molecule is C[Si](C)(C)CCOCn1ccc2c(-c3cnn(C(CC#N)C4CCN(c5cnc[nH]c5=O)C4)c3)ncnc21. The lowest BCUT2D eigenvalue weighted by Crippen LogP contribution is -2.29. The third-order valence-electron chi connectivity index (χ3n) is 7.11. The van der Waals surface area contributed by atoms with Crippen LogP contribution < -0.4 is 10.5 Å². The van der Waals surface area contributed by atoms with Crippen molar-refractivity contribution in [1.82, 2.24) is 34.3 Å². The smallest absolute Gasteiger partial charge is 0.274 e. The first-order chi connectivity index (χ1) is 18.3. The van der Waals surface area contributed by atoms with E-state index in [1.54, 1.807) is 18.7 Å². The molecule has 11 nitrogen and oxygen atoms in total. The summed E-state index contributed by atoms with van der Waals surface area (Å²) in [5.41, 5.74) is 2.89. The molecule has 1 aliphatic heterocycles. The van der Waals surface area contributed by atoms with Crippen molar-refractivity contribution >= 4 is 24.8 Å². The molecule has 1 saturated heterocycles. The number of hydrogen-bond donors (Lipinski definition) is 1. The van der Waals surface area contributed by atoms with E-state index in [0.717, 1.165) is 47.9 Å². The number of hydrogen-bond acceptors (Lipinski definition) is 8. The van der Waals surface area contributed by atoms with Gasteiger partial charge in [0, 0.05) is 57.0 Å². The van der Waals surface area contributed by atoms with Crippen molar-refractivity contribution in [2.75, 3.05) is 24.6 Å². The van der Waals surface area contributed by atoms with Crippen molar-refractivity contribution in [1.29, 1.82) is 5.26 Å². The van der Waals surface area contributed by atoms with Crippen LogP contribution in [-0.4, -0.2) is 62.1 Å². The van der Waals surface area contributed by atoms with Crippen molar-refractivity contribution in [3.05, 3.63) is 53.9 Å².